The summed E-state index contributed by atoms with van der Waals surface area (Å²) in [5.41, 5.74) is 0. The molecule has 0 heterocycles. The summed E-state index contributed by atoms with van der Waals surface area (Å²) in [6, 6.07) is 0. The van der Waals surface area contributed by atoms with Crippen LogP contribution in [0.4, 0.5) is 0 Å². The van der Waals surface area contributed by atoms with Gasteiger partial charge in [-0.3, -0.25) is 14.4 Å². The van der Waals surface area contributed by atoms with E-state index in [1.54, 1.807) is 0 Å². The van der Waals surface area contributed by atoms with Crippen molar-refractivity contribution in [1.82, 2.24) is 0 Å². The lowest BCUT2D eigenvalue weighted by atomic mass is 10.1. The molecule has 0 radical (unpaired) electrons. The molecular formula is C71H106O6. The molecule has 0 aromatic carbocycles. The number of unbranched alkanes of at least 4 members (excludes halogenated alkanes) is 8. The average molecular weight is 1060 g/mol. The molecule has 0 aliphatic rings. The number of carbonyl (C=O) groups excluding carboxylic acids is 3. The van der Waals surface area contributed by atoms with Gasteiger partial charge in [0.25, 0.3) is 0 Å². The van der Waals surface area contributed by atoms with Crippen LogP contribution in [-0.2, 0) is 28.6 Å². The van der Waals surface area contributed by atoms with Crippen molar-refractivity contribution in [1.29, 1.82) is 0 Å². The van der Waals surface area contributed by atoms with Crippen molar-refractivity contribution >= 4 is 17.9 Å². The number of rotatable bonds is 51. The van der Waals surface area contributed by atoms with Crippen LogP contribution in [-0.4, -0.2) is 37.2 Å². The maximum Gasteiger partial charge on any atom is 0.306 e. The highest BCUT2D eigenvalue weighted by atomic mass is 16.6. The quantitative estimate of drug-likeness (QED) is 0.0261. The van der Waals surface area contributed by atoms with E-state index in [1.807, 2.05) is 0 Å². The molecule has 0 rings (SSSR count). The zero-order chi connectivity index (χ0) is 55.7. The molecule has 0 N–H and O–H groups in total. The lowest BCUT2D eigenvalue weighted by Crippen LogP contribution is -2.30. The van der Waals surface area contributed by atoms with Gasteiger partial charge in [0.15, 0.2) is 6.10 Å². The monoisotopic (exact) mass is 1050 g/mol. The van der Waals surface area contributed by atoms with Gasteiger partial charge in [-0.1, -0.05) is 234 Å². The first-order valence-corrected chi connectivity index (χ1v) is 29.9. The molecule has 0 aromatic rings. The van der Waals surface area contributed by atoms with Crippen LogP contribution in [0.25, 0.3) is 0 Å². The summed E-state index contributed by atoms with van der Waals surface area (Å²) >= 11 is 0. The minimum Gasteiger partial charge on any atom is -0.462 e. The zero-order valence-electron chi connectivity index (χ0n) is 48.6. The maximum absolute atomic E-state index is 12.9. The molecule has 77 heavy (non-hydrogen) atoms. The van der Waals surface area contributed by atoms with Gasteiger partial charge in [-0.05, 0) is 154 Å². The minimum atomic E-state index is -0.843. The number of hydrogen-bond acceptors (Lipinski definition) is 6. The van der Waals surface area contributed by atoms with E-state index in [4.69, 9.17) is 14.2 Å². The van der Waals surface area contributed by atoms with Crippen LogP contribution in [0, 0.1) is 0 Å². The normalized spacial score (nSPS) is 13.5. The van der Waals surface area contributed by atoms with E-state index in [2.05, 4.69) is 215 Å². The predicted octanol–water partition coefficient (Wildman–Crippen LogP) is 20.6. The molecular weight excluding hydrogens is 949 g/mol. The highest BCUT2D eigenvalue weighted by Gasteiger charge is 2.19. The van der Waals surface area contributed by atoms with Crippen molar-refractivity contribution in [2.24, 2.45) is 0 Å². The van der Waals surface area contributed by atoms with Gasteiger partial charge in [0, 0.05) is 19.3 Å². The van der Waals surface area contributed by atoms with Crippen LogP contribution in [0.3, 0.4) is 0 Å². The number of esters is 3. The van der Waals surface area contributed by atoms with E-state index >= 15 is 0 Å². The Labute approximate surface area is 471 Å². The second-order valence-electron chi connectivity index (χ2n) is 18.8. The smallest absolute Gasteiger partial charge is 0.306 e. The Morgan fingerprint density at radius 1 is 0.260 bits per heavy atom. The number of allylic oxidation sites excluding steroid dienone is 32. The molecule has 0 fully saturated rings. The van der Waals surface area contributed by atoms with Crippen molar-refractivity contribution < 1.29 is 28.6 Å². The van der Waals surface area contributed by atoms with Crippen LogP contribution in [0.1, 0.15) is 213 Å². The van der Waals surface area contributed by atoms with Crippen LogP contribution >= 0.6 is 0 Å². The molecule has 0 spiro atoms. The molecule has 0 aromatic heterocycles. The zero-order valence-corrected chi connectivity index (χ0v) is 48.6. The average Bonchev–Trinajstić information content (AvgIpc) is 3.43. The van der Waals surface area contributed by atoms with Gasteiger partial charge in [0.2, 0.25) is 0 Å². The first kappa shape index (κ1) is 71.2. The molecule has 6 nitrogen and oxygen atoms in total. The molecule has 0 saturated heterocycles. The van der Waals surface area contributed by atoms with Gasteiger partial charge in [-0.2, -0.15) is 0 Å². The molecule has 0 saturated carbocycles. The Hall–Kier alpha value is -5.75. The number of carbonyl (C=O) groups is 3. The summed E-state index contributed by atoms with van der Waals surface area (Å²) in [5.74, 6) is -1.06. The van der Waals surface area contributed by atoms with Gasteiger partial charge < -0.3 is 14.2 Å². The summed E-state index contributed by atoms with van der Waals surface area (Å²) in [4.78, 5) is 38.3. The molecule has 0 bridgehead atoms. The fourth-order valence-corrected chi connectivity index (χ4v) is 7.21. The van der Waals surface area contributed by atoms with E-state index in [0.29, 0.717) is 19.3 Å². The minimum absolute atomic E-state index is 0.134. The summed E-state index contributed by atoms with van der Waals surface area (Å²) in [6.07, 6.45) is 95.7. The molecule has 1 unspecified atom stereocenters. The van der Waals surface area contributed by atoms with Crippen LogP contribution in [0.15, 0.2) is 194 Å². The van der Waals surface area contributed by atoms with Gasteiger partial charge in [0.05, 0.1) is 0 Å². The third kappa shape index (κ3) is 61.0. The van der Waals surface area contributed by atoms with Crippen molar-refractivity contribution in [3.05, 3.63) is 194 Å². The summed E-state index contributed by atoms with van der Waals surface area (Å²) in [5, 5.41) is 0. The standard InChI is InChI=1S/C71H106O6/c1-4-7-10-13-16-19-22-25-28-31-33-34-35-36-38-40-43-46-49-52-55-58-61-64-70(73)76-67-68(66-75-69(72)63-60-57-54-51-48-45-42-39-30-27-24-21-18-15-12-9-6-3)77-71(74)65-62-59-56-53-50-47-44-41-37-32-29-26-23-20-17-14-11-8-5-2/h7-12,16-21,25-30,33-34,36-38,41-43,45-47,50-51,54,68H,4-6,13-15,22-24,31-32,35,39-40,44,48-49,52-53,55-67H2,1-3H3/b10-7-,11-8-,12-9-,19-16-,20-17-,21-18-,28-25-,29-26-,30-27-,34-33-,38-36-,41-37-,45-42-,46-43-,50-47-,54-51-. The third-order valence-corrected chi connectivity index (χ3v) is 11.6. The molecule has 0 aliphatic heterocycles. The first-order valence-electron chi connectivity index (χ1n) is 29.9. The van der Waals surface area contributed by atoms with Gasteiger partial charge in [0.1, 0.15) is 13.2 Å². The summed E-state index contributed by atoms with van der Waals surface area (Å²) in [6.45, 7) is 6.18. The summed E-state index contributed by atoms with van der Waals surface area (Å²) in [7, 11) is 0. The third-order valence-electron chi connectivity index (χ3n) is 11.6. The Morgan fingerprint density at radius 2 is 0.481 bits per heavy atom. The van der Waals surface area contributed by atoms with E-state index in [-0.39, 0.29) is 44.0 Å². The Kier molecular flexibility index (Phi) is 58.1. The van der Waals surface area contributed by atoms with Crippen LogP contribution in [0.5, 0.6) is 0 Å². The molecule has 6 heteroatoms. The molecule has 0 aliphatic carbocycles. The SMILES string of the molecule is CC/C=C\C/C=C\C/C=C\C/C=C\C/C=C\C/C=C\CCCCCCC(=O)OCC(COC(=O)CCC/C=C\C/C=C\C/C=C\C/C=C\C/C=C\CC)OC(=O)CCCCC/C=C\C/C=C\C/C=C\C/C=C\C/C=C\CC. The summed E-state index contributed by atoms with van der Waals surface area (Å²) < 4.78 is 16.8. The predicted molar refractivity (Wildman–Crippen MR) is 334 cm³/mol. The number of hydrogen-bond donors (Lipinski definition) is 0. The van der Waals surface area contributed by atoms with E-state index in [0.717, 1.165) is 161 Å². The highest BCUT2D eigenvalue weighted by molar-refractivity contribution is 5.71. The van der Waals surface area contributed by atoms with Gasteiger partial charge >= 0.3 is 17.9 Å². The highest BCUT2D eigenvalue weighted by Crippen LogP contribution is 2.11. The van der Waals surface area contributed by atoms with Gasteiger partial charge in [-0.15, -0.1) is 0 Å². The first-order chi connectivity index (χ1) is 38.0. The largest absolute Gasteiger partial charge is 0.462 e. The second-order valence-corrected chi connectivity index (χ2v) is 18.8. The Morgan fingerprint density at radius 3 is 0.779 bits per heavy atom. The van der Waals surface area contributed by atoms with Crippen LogP contribution in [0.2, 0.25) is 0 Å². The molecule has 1 atom stereocenters. The fraction of sp³-hybridized carbons (Fsp3) is 0.507. The topological polar surface area (TPSA) is 78.9 Å². The van der Waals surface area contributed by atoms with Crippen molar-refractivity contribution in [3.63, 3.8) is 0 Å². The Balaban J connectivity index is 4.62. The second kappa shape index (κ2) is 62.8. The van der Waals surface area contributed by atoms with Crippen molar-refractivity contribution in [3.8, 4) is 0 Å². The lowest BCUT2D eigenvalue weighted by molar-refractivity contribution is -0.167. The molecule has 426 valence electrons. The molecule has 0 amide bonds. The lowest BCUT2D eigenvalue weighted by Gasteiger charge is -2.18. The van der Waals surface area contributed by atoms with Gasteiger partial charge in [-0.25, -0.2) is 0 Å². The van der Waals surface area contributed by atoms with Crippen molar-refractivity contribution in [2.45, 2.75) is 219 Å². The fourth-order valence-electron chi connectivity index (χ4n) is 7.21. The van der Waals surface area contributed by atoms with Crippen LogP contribution < -0.4 is 0 Å². The van der Waals surface area contributed by atoms with Crippen molar-refractivity contribution in [2.75, 3.05) is 13.2 Å². The Bertz CT molecular complexity index is 1880. The van der Waals surface area contributed by atoms with E-state index < -0.39 is 6.10 Å². The van der Waals surface area contributed by atoms with E-state index in [1.165, 1.54) is 0 Å². The number of ether oxygens (including phenoxy) is 3. The van der Waals surface area contributed by atoms with E-state index in [9.17, 15) is 14.4 Å². The maximum atomic E-state index is 12.9.